The van der Waals surface area contributed by atoms with Gasteiger partial charge in [0.05, 0.1) is 14.2 Å². The lowest BCUT2D eigenvalue weighted by Gasteiger charge is -2.34. The van der Waals surface area contributed by atoms with Crippen LogP contribution in [0.15, 0.2) is 83.8 Å². The minimum absolute atomic E-state index is 0.00673. The summed E-state index contributed by atoms with van der Waals surface area (Å²) < 4.78 is 40.5. The van der Waals surface area contributed by atoms with Crippen LogP contribution in [0.5, 0.6) is 11.5 Å². The average molecular weight is 600 g/mol. The highest BCUT2D eigenvalue weighted by Gasteiger charge is 2.34. The first-order valence-corrected chi connectivity index (χ1v) is 15.6. The van der Waals surface area contributed by atoms with E-state index in [0.717, 1.165) is 11.9 Å². The van der Waals surface area contributed by atoms with Crippen LogP contribution in [0, 0.1) is 0 Å². The predicted molar refractivity (Wildman–Crippen MR) is 163 cm³/mol. The van der Waals surface area contributed by atoms with Crippen molar-refractivity contribution in [3.05, 3.63) is 101 Å². The number of rotatable bonds is 9. The minimum atomic E-state index is -3.93. The second kappa shape index (κ2) is 11.8. The van der Waals surface area contributed by atoms with Crippen molar-refractivity contribution in [3.63, 3.8) is 0 Å². The number of methoxy groups -OCH3 is 2. The van der Waals surface area contributed by atoms with Crippen molar-refractivity contribution in [3.8, 4) is 11.5 Å². The van der Waals surface area contributed by atoms with Crippen LogP contribution in [0.4, 0.5) is 0 Å². The molecule has 6 rings (SSSR count). The van der Waals surface area contributed by atoms with Gasteiger partial charge in [0, 0.05) is 55.8 Å². The lowest BCUT2D eigenvalue weighted by Crippen LogP contribution is -2.48. The molecule has 0 radical (unpaired) electrons. The van der Waals surface area contributed by atoms with Gasteiger partial charge in [-0.1, -0.05) is 54.6 Å². The van der Waals surface area contributed by atoms with E-state index in [4.69, 9.17) is 9.47 Å². The SMILES string of the molecule is COc1cc(CCN2C(=O)c3cccc4cccc(c34)C2=O)cc(S(=O)(=O)N2CCN(Cc3ccccc3)CC2)c1OC. The van der Waals surface area contributed by atoms with Crippen LogP contribution in [0.25, 0.3) is 10.8 Å². The standard InChI is InChI=1S/C33H33N3O6S/c1-41-28-20-24(14-15-36-32(37)26-12-6-10-25-11-7-13-27(30(25)26)33(36)38)21-29(31(28)42-2)43(39,40)35-18-16-34(17-19-35)22-23-8-4-3-5-9-23/h3-13,20-21H,14-19,22H2,1-2H3. The Balaban J connectivity index is 1.23. The molecule has 0 atom stereocenters. The first-order valence-electron chi connectivity index (χ1n) is 14.2. The molecule has 2 aliphatic heterocycles. The van der Waals surface area contributed by atoms with Crippen LogP contribution in [-0.4, -0.2) is 81.3 Å². The molecule has 2 heterocycles. The molecule has 0 bridgehead atoms. The Bertz CT molecular complexity index is 1750. The molecule has 9 nitrogen and oxygen atoms in total. The zero-order chi connectivity index (χ0) is 30.1. The fourth-order valence-corrected chi connectivity index (χ4v) is 7.59. The molecule has 0 N–H and O–H groups in total. The van der Waals surface area contributed by atoms with Gasteiger partial charge in [-0.05, 0) is 47.2 Å². The van der Waals surface area contributed by atoms with Crippen LogP contribution in [0.2, 0.25) is 0 Å². The van der Waals surface area contributed by atoms with E-state index in [1.54, 1.807) is 36.4 Å². The summed E-state index contributed by atoms with van der Waals surface area (Å²) in [5.41, 5.74) is 2.75. The molecule has 0 saturated carbocycles. The Labute approximate surface area is 251 Å². The Kier molecular flexibility index (Phi) is 7.91. The van der Waals surface area contributed by atoms with Crippen molar-refractivity contribution >= 4 is 32.6 Å². The Morgan fingerprint density at radius 2 is 1.40 bits per heavy atom. The van der Waals surface area contributed by atoms with Gasteiger partial charge in [0.15, 0.2) is 11.5 Å². The van der Waals surface area contributed by atoms with Gasteiger partial charge in [0.1, 0.15) is 4.90 Å². The summed E-state index contributed by atoms with van der Waals surface area (Å²) in [6, 6.07) is 24.2. The third-order valence-corrected chi connectivity index (χ3v) is 10.1. The molecule has 4 aromatic carbocycles. The normalized spacial score (nSPS) is 16.1. The highest BCUT2D eigenvalue weighted by Crippen LogP contribution is 2.38. The molecule has 1 saturated heterocycles. The van der Waals surface area contributed by atoms with Crippen LogP contribution in [0.1, 0.15) is 31.8 Å². The van der Waals surface area contributed by atoms with Crippen molar-refractivity contribution in [2.45, 2.75) is 17.9 Å². The van der Waals surface area contributed by atoms with Crippen molar-refractivity contribution < 1.29 is 27.5 Å². The number of sulfonamides is 1. The van der Waals surface area contributed by atoms with Crippen LogP contribution in [-0.2, 0) is 23.0 Å². The zero-order valence-corrected chi connectivity index (χ0v) is 25.0. The highest BCUT2D eigenvalue weighted by molar-refractivity contribution is 7.89. The third-order valence-electron chi connectivity index (χ3n) is 8.18. The van der Waals surface area contributed by atoms with Crippen LogP contribution < -0.4 is 9.47 Å². The third kappa shape index (κ3) is 5.37. The van der Waals surface area contributed by atoms with Gasteiger partial charge >= 0.3 is 0 Å². The van der Waals surface area contributed by atoms with Crippen molar-refractivity contribution in [1.29, 1.82) is 0 Å². The van der Waals surface area contributed by atoms with Gasteiger partial charge < -0.3 is 9.47 Å². The molecule has 4 aromatic rings. The lowest BCUT2D eigenvalue weighted by molar-refractivity contribution is 0.0612. The summed E-state index contributed by atoms with van der Waals surface area (Å²) in [4.78, 5) is 30.2. The van der Waals surface area contributed by atoms with Crippen molar-refractivity contribution in [1.82, 2.24) is 14.1 Å². The predicted octanol–water partition coefficient (Wildman–Crippen LogP) is 4.20. The maximum absolute atomic E-state index is 14.0. The first kappa shape index (κ1) is 28.9. The molecule has 0 unspecified atom stereocenters. The Hall–Kier alpha value is -4.25. The number of carbonyl (C=O) groups is 2. The summed E-state index contributed by atoms with van der Waals surface area (Å²) in [5.74, 6) is -0.330. The molecule has 10 heteroatoms. The van der Waals surface area contributed by atoms with E-state index in [1.165, 1.54) is 29.0 Å². The summed E-state index contributed by atoms with van der Waals surface area (Å²) in [5, 5.41) is 1.51. The van der Waals surface area contributed by atoms with Gasteiger partial charge in [-0.2, -0.15) is 4.31 Å². The van der Waals surface area contributed by atoms with E-state index < -0.39 is 10.0 Å². The summed E-state index contributed by atoms with van der Waals surface area (Å²) in [6.07, 6.45) is 0.239. The van der Waals surface area contributed by atoms with Crippen molar-refractivity contribution in [2.24, 2.45) is 0 Å². The fraction of sp³-hybridized carbons (Fsp3) is 0.273. The van der Waals surface area contributed by atoms with E-state index in [-0.39, 0.29) is 41.2 Å². The average Bonchev–Trinajstić information content (AvgIpc) is 3.03. The quantitative estimate of drug-likeness (QED) is 0.266. The summed E-state index contributed by atoms with van der Waals surface area (Å²) in [7, 11) is -1.07. The number of amides is 2. The van der Waals surface area contributed by atoms with Gasteiger partial charge in [-0.3, -0.25) is 19.4 Å². The molecule has 0 aromatic heterocycles. The van der Waals surface area contributed by atoms with Gasteiger partial charge in [-0.25, -0.2) is 8.42 Å². The maximum Gasteiger partial charge on any atom is 0.261 e. The molecule has 0 aliphatic carbocycles. The molecule has 1 fully saturated rings. The number of imide groups is 1. The van der Waals surface area contributed by atoms with E-state index in [1.807, 2.05) is 30.3 Å². The Morgan fingerprint density at radius 1 is 0.744 bits per heavy atom. The fourth-order valence-electron chi connectivity index (χ4n) is 5.95. The number of nitrogens with zero attached hydrogens (tertiary/aromatic N) is 3. The molecular formula is C33H33N3O6S. The van der Waals surface area contributed by atoms with E-state index in [2.05, 4.69) is 17.0 Å². The number of hydrogen-bond donors (Lipinski definition) is 0. The largest absolute Gasteiger partial charge is 0.493 e. The van der Waals surface area contributed by atoms with Crippen LogP contribution in [0.3, 0.4) is 0 Å². The van der Waals surface area contributed by atoms with Crippen LogP contribution >= 0.6 is 0 Å². The lowest BCUT2D eigenvalue weighted by atomic mass is 9.94. The minimum Gasteiger partial charge on any atom is -0.493 e. The molecular weight excluding hydrogens is 566 g/mol. The summed E-state index contributed by atoms with van der Waals surface area (Å²) >= 11 is 0. The zero-order valence-electron chi connectivity index (χ0n) is 24.2. The Morgan fingerprint density at radius 3 is 2.00 bits per heavy atom. The molecule has 2 amide bonds. The topological polar surface area (TPSA) is 96.5 Å². The van der Waals surface area contributed by atoms with Gasteiger partial charge in [0.2, 0.25) is 10.0 Å². The monoisotopic (exact) mass is 599 g/mol. The van der Waals surface area contributed by atoms with E-state index >= 15 is 0 Å². The van der Waals surface area contributed by atoms with E-state index in [9.17, 15) is 18.0 Å². The molecule has 2 aliphatic rings. The second-order valence-corrected chi connectivity index (χ2v) is 12.6. The number of benzene rings is 4. The number of piperazine rings is 1. The molecule has 0 spiro atoms. The smallest absolute Gasteiger partial charge is 0.261 e. The van der Waals surface area contributed by atoms with Crippen molar-refractivity contribution in [2.75, 3.05) is 46.9 Å². The highest BCUT2D eigenvalue weighted by atomic mass is 32.2. The number of hydrogen-bond acceptors (Lipinski definition) is 7. The number of carbonyl (C=O) groups excluding carboxylic acids is 2. The second-order valence-electron chi connectivity index (χ2n) is 10.7. The maximum atomic E-state index is 14.0. The van der Waals surface area contributed by atoms with E-state index in [0.29, 0.717) is 48.3 Å². The van der Waals surface area contributed by atoms with Gasteiger partial charge in [0.25, 0.3) is 11.8 Å². The summed E-state index contributed by atoms with van der Waals surface area (Å²) in [6.45, 7) is 2.71. The number of ether oxygens (including phenoxy) is 2. The van der Waals surface area contributed by atoms with Gasteiger partial charge in [-0.15, -0.1) is 0 Å². The molecule has 222 valence electrons. The molecule has 43 heavy (non-hydrogen) atoms. The first-order chi connectivity index (χ1) is 20.8.